The Kier molecular flexibility index (Phi) is 5.71. The second kappa shape index (κ2) is 8.17. The Hall–Kier alpha value is -2.62. The Labute approximate surface area is 155 Å². The summed E-state index contributed by atoms with van der Waals surface area (Å²) in [5.74, 6) is 0.279. The van der Waals surface area contributed by atoms with Gasteiger partial charge in [-0.3, -0.25) is 9.59 Å². The van der Waals surface area contributed by atoms with Crippen molar-refractivity contribution in [2.45, 2.75) is 45.4 Å². The molecule has 2 aromatic rings. The molecule has 136 valence electrons. The van der Waals surface area contributed by atoms with Crippen LogP contribution in [0.5, 0.6) is 0 Å². The van der Waals surface area contributed by atoms with Crippen LogP contribution in [-0.2, 0) is 16.0 Å². The Balaban J connectivity index is 1.63. The van der Waals surface area contributed by atoms with Gasteiger partial charge in [-0.15, -0.1) is 0 Å². The highest BCUT2D eigenvalue weighted by molar-refractivity contribution is 5.97. The molecule has 0 aromatic heterocycles. The van der Waals surface area contributed by atoms with Gasteiger partial charge in [0, 0.05) is 17.8 Å². The van der Waals surface area contributed by atoms with Crippen molar-refractivity contribution in [1.29, 1.82) is 0 Å². The standard InChI is InChI=1S/C22H26N2O2/c1-15(2)14-21(25)23-17-10-12-18(13-11-17)24-22(26)20-9-5-7-16-6-3-4-8-19(16)20/h3-4,6,8,10-13,15,20H,5,7,9,14H2,1-2H3,(H,23,25)(H,24,26)/t20-/m1/s1. The van der Waals surface area contributed by atoms with E-state index in [4.69, 9.17) is 0 Å². The van der Waals surface area contributed by atoms with E-state index in [1.54, 1.807) is 0 Å². The van der Waals surface area contributed by atoms with E-state index in [2.05, 4.69) is 22.8 Å². The van der Waals surface area contributed by atoms with Crippen LogP contribution in [0.15, 0.2) is 48.5 Å². The fourth-order valence-electron chi connectivity index (χ4n) is 3.48. The summed E-state index contributed by atoms with van der Waals surface area (Å²) in [7, 11) is 0. The molecule has 2 aromatic carbocycles. The van der Waals surface area contributed by atoms with Gasteiger partial charge in [-0.1, -0.05) is 38.1 Å². The maximum Gasteiger partial charge on any atom is 0.231 e. The number of hydrogen-bond donors (Lipinski definition) is 2. The minimum Gasteiger partial charge on any atom is -0.326 e. The van der Waals surface area contributed by atoms with Gasteiger partial charge in [0.25, 0.3) is 0 Å². The molecule has 2 amide bonds. The van der Waals surface area contributed by atoms with Crippen LogP contribution in [0.25, 0.3) is 0 Å². The van der Waals surface area contributed by atoms with Gasteiger partial charge < -0.3 is 10.6 Å². The minimum atomic E-state index is -0.0922. The number of hydrogen-bond acceptors (Lipinski definition) is 2. The topological polar surface area (TPSA) is 58.2 Å². The van der Waals surface area contributed by atoms with Crippen LogP contribution < -0.4 is 10.6 Å². The van der Waals surface area contributed by atoms with Crippen molar-refractivity contribution in [1.82, 2.24) is 0 Å². The number of nitrogens with one attached hydrogen (secondary N) is 2. The average Bonchev–Trinajstić information content (AvgIpc) is 2.62. The summed E-state index contributed by atoms with van der Waals surface area (Å²) in [6.45, 7) is 4.03. The fraction of sp³-hybridized carbons (Fsp3) is 0.364. The van der Waals surface area contributed by atoms with Crippen molar-refractivity contribution in [2.24, 2.45) is 5.92 Å². The van der Waals surface area contributed by atoms with Crippen molar-refractivity contribution in [2.75, 3.05) is 10.6 Å². The highest BCUT2D eigenvalue weighted by Crippen LogP contribution is 2.32. The summed E-state index contributed by atoms with van der Waals surface area (Å²) in [5.41, 5.74) is 3.92. The number of carbonyl (C=O) groups excluding carboxylic acids is 2. The summed E-state index contributed by atoms with van der Waals surface area (Å²) < 4.78 is 0. The predicted molar refractivity (Wildman–Crippen MR) is 105 cm³/mol. The van der Waals surface area contributed by atoms with Crippen molar-refractivity contribution in [3.8, 4) is 0 Å². The summed E-state index contributed by atoms with van der Waals surface area (Å²) in [4.78, 5) is 24.6. The molecule has 0 heterocycles. The first-order valence-electron chi connectivity index (χ1n) is 9.31. The zero-order valence-corrected chi connectivity index (χ0v) is 15.4. The third kappa shape index (κ3) is 4.51. The largest absolute Gasteiger partial charge is 0.326 e. The Morgan fingerprint density at radius 1 is 1.00 bits per heavy atom. The van der Waals surface area contributed by atoms with E-state index >= 15 is 0 Å². The van der Waals surface area contributed by atoms with Crippen LogP contribution in [0, 0.1) is 5.92 Å². The molecule has 0 spiro atoms. The van der Waals surface area contributed by atoms with Gasteiger partial charge in [0.15, 0.2) is 0 Å². The number of benzene rings is 2. The van der Waals surface area contributed by atoms with Gasteiger partial charge in [0.2, 0.25) is 11.8 Å². The van der Waals surface area contributed by atoms with Gasteiger partial charge in [-0.05, 0) is 60.6 Å². The van der Waals surface area contributed by atoms with Crippen LogP contribution in [0.4, 0.5) is 11.4 Å². The number of rotatable bonds is 5. The van der Waals surface area contributed by atoms with Crippen LogP contribution in [0.2, 0.25) is 0 Å². The molecule has 0 bridgehead atoms. The lowest BCUT2D eigenvalue weighted by molar-refractivity contribution is -0.118. The summed E-state index contributed by atoms with van der Waals surface area (Å²) in [6, 6.07) is 15.5. The Bertz CT molecular complexity index is 781. The molecule has 1 aliphatic carbocycles. The first kappa shape index (κ1) is 18.2. The lowest BCUT2D eigenvalue weighted by Gasteiger charge is -2.24. The van der Waals surface area contributed by atoms with Crippen molar-refractivity contribution in [3.05, 3.63) is 59.7 Å². The van der Waals surface area contributed by atoms with Gasteiger partial charge in [-0.2, -0.15) is 0 Å². The third-order valence-corrected chi connectivity index (χ3v) is 4.72. The van der Waals surface area contributed by atoms with E-state index in [1.807, 2.05) is 50.2 Å². The average molecular weight is 350 g/mol. The molecule has 1 atom stereocenters. The highest BCUT2D eigenvalue weighted by Gasteiger charge is 2.26. The second-order valence-corrected chi connectivity index (χ2v) is 7.36. The fourth-order valence-corrected chi connectivity index (χ4v) is 3.48. The van der Waals surface area contributed by atoms with Crippen LogP contribution >= 0.6 is 0 Å². The minimum absolute atomic E-state index is 0.00981. The monoisotopic (exact) mass is 350 g/mol. The smallest absolute Gasteiger partial charge is 0.231 e. The predicted octanol–water partition coefficient (Wildman–Crippen LogP) is 4.73. The van der Waals surface area contributed by atoms with Crippen LogP contribution in [-0.4, -0.2) is 11.8 Å². The molecule has 26 heavy (non-hydrogen) atoms. The van der Waals surface area contributed by atoms with E-state index in [1.165, 1.54) is 5.56 Å². The number of fused-ring (bicyclic) bond motifs is 1. The molecular formula is C22H26N2O2. The number of amides is 2. The maximum atomic E-state index is 12.7. The SMILES string of the molecule is CC(C)CC(=O)Nc1ccc(NC(=O)[C@@H]2CCCc3ccccc32)cc1. The molecule has 3 rings (SSSR count). The molecule has 0 saturated carbocycles. The summed E-state index contributed by atoms with van der Waals surface area (Å²) in [6.07, 6.45) is 3.46. The maximum absolute atomic E-state index is 12.7. The van der Waals surface area contributed by atoms with Crippen molar-refractivity contribution >= 4 is 23.2 Å². The highest BCUT2D eigenvalue weighted by atomic mass is 16.2. The van der Waals surface area contributed by atoms with E-state index in [-0.39, 0.29) is 17.7 Å². The molecule has 0 saturated heterocycles. The van der Waals surface area contributed by atoms with E-state index in [0.717, 1.165) is 36.2 Å². The van der Waals surface area contributed by atoms with Crippen molar-refractivity contribution < 1.29 is 9.59 Å². The lowest BCUT2D eigenvalue weighted by atomic mass is 9.82. The molecule has 2 N–H and O–H groups in total. The Morgan fingerprint density at radius 2 is 1.65 bits per heavy atom. The lowest BCUT2D eigenvalue weighted by Crippen LogP contribution is -2.24. The number of aryl methyl sites for hydroxylation is 1. The zero-order chi connectivity index (χ0) is 18.5. The number of carbonyl (C=O) groups is 2. The van der Waals surface area contributed by atoms with Gasteiger partial charge in [-0.25, -0.2) is 0 Å². The first-order valence-corrected chi connectivity index (χ1v) is 9.31. The molecule has 0 unspecified atom stereocenters. The van der Waals surface area contributed by atoms with E-state index in [0.29, 0.717) is 12.3 Å². The quantitative estimate of drug-likeness (QED) is 0.819. The normalized spacial score (nSPS) is 16.0. The van der Waals surface area contributed by atoms with Crippen LogP contribution in [0.1, 0.15) is 50.2 Å². The van der Waals surface area contributed by atoms with Crippen LogP contribution in [0.3, 0.4) is 0 Å². The molecule has 4 nitrogen and oxygen atoms in total. The van der Waals surface area contributed by atoms with Gasteiger partial charge >= 0.3 is 0 Å². The van der Waals surface area contributed by atoms with E-state index < -0.39 is 0 Å². The zero-order valence-electron chi connectivity index (χ0n) is 15.4. The van der Waals surface area contributed by atoms with Crippen molar-refractivity contribution in [3.63, 3.8) is 0 Å². The van der Waals surface area contributed by atoms with E-state index in [9.17, 15) is 9.59 Å². The summed E-state index contributed by atoms with van der Waals surface area (Å²) in [5, 5.41) is 5.89. The second-order valence-electron chi connectivity index (χ2n) is 7.36. The Morgan fingerprint density at radius 3 is 2.35 bits per heavy atom. The van der Waals surface area contributed by atoms with Gasteiger partial charge in [0.05, 0.1) is 5.92 Å². The molecule has 4 heteroatoms. The number of anilines is 2. The first-order chi connectivity index (χ1) is 12.5. The molecular weight excluding hydrogens is 324 g/mol. The third-order valence-electron chi connectivity index (χ3n) is 4.72. The molecule has 1 aliphatic rings. The molecule has 0 radical (unpaired) electrons. The molecule has 0 fully saturated rings. The molecule has 0 aliphatic heterocycles. The summed E-state index contributed by atoms with van der Waals surface area (Å²) >= 11 is 0. The van der Waals surface area contributed by atoms with Gasteiger partial charge in [0.1, 0.15) is 0 Å².